The van der Waals surface area contributed by atoms with Gasteiger partial charge in [0.1, 0.15) is 5.69 Å². The molecule has 0 heterocycles. The Balaban J connectivity index is 2.50. The number of benzene rings is 1. The molecule has 0 atom stereocenters. The van der Waals surface area contributed by atoms with Crippen LogP contribution in [0.25, 0.3) is 0 Å². The molecule has 0 aliphatic heterocycles. The average molecular weight is 309 g/mol. The highest BCUT2D eigenvalue weighted by Crippen LogP contribution is 2.35. The molecule has 1 aliphatic carbocycles. The topological polar surface area (TPSA) is 136 Å². The standard InChI is InChI=1S/C13H15N3O6/c17-13(18)10-6-9(15(19)20)7-11(16(21)22)12(10)14-8-4-2-1-3-5-8/h6-8,14H,1-5H2,(H,17,18). The number of carbonyl (C=O) groups is 1. The summed E-state index contributed by atoms with van der Waals surface area (Å²) in [6.07, 6.45) is 4.56. The fourth-order valence-electron chi connectivity index (χ4n) is 2.63. The largest absolute Gasteiger partial charge is 0.478 e. The maximum atomic E-state index is 11.3. The summed E-state index contributed by atoms with van der Waals surface area (Å²) < 4.78 is 0. The van der Waals surface area contributed by atoms with Crippen molar-refractivity contribution in [1.29, 1.82) is 0 Å². The summed E-state index contributed by atoms with van der Waals surface area (Å²) in [4.78, 5) is 31.7. The Kier molecular flexibility index (Phi) is 4.54. The van der Waals surface area contributed by atoms with Crippen LogP contribution in [0.2, 0.25) is 0 Å². The van der Waals surface area contributed by atoms with Crippen molar-refractivity contribution >= 4 is 23.0 Å². The van der Waals surface area contributed by atoms with Crippen molar-refractivity contribution < 1.29 is 19.7 Å². The van der Waals surface area contributed by atoms with Gasteiger partial charge in [0, 0.05) is 12.1 Å². The van der Waals surface area contributed by atoms with Crippen LogP contribution in [0.1, 0.15) is 42.5 Å². The van der Waals surface area contributed by atoms with Crippen LogP contribution in [0.3, 0.4) is 0 Å². The maximum Gasteiger partial charge on any atom is 0.338 e. The lowest BCUT2D eigenvalue weighted by atomic mass is 9.95. The van der Waals surface area contributed by atoms with E-state index in [0.29, 0.717) is 0 Å². The lowest BCUT2D eigenvalue weighted by Crippen LogP contribution is -2.24. The number of hydrogen-bond acceptors (Lipinski definition) is 6. The molecule has 0 amide bonds. The minimum Gasteiger partial charge on any atom is -0.478 e. The van der Waals surface area contributed by atoms with E-state index in [4.69, 9.17) is 0 Å². The number of rotatable bonds is 5. The smallest absolute Gasteiger partial charge is 0.338 e. The van der Waals surface area contributed by atoms with Crippen LogP contribution >= 0.6 is 0 Å². The summed E-state index contributed by atoms with van der Waals surface area (Å²) >= 11 is 0. The normalized spacial score (nSPS) is 15.3. The predicted molar refractivity (Wildman–Crippen MR) is 77.2 cm³/mol. The molecule has 118 valence electrons. The number of hydrogen-bond donors (Lipinski definition) is 2. The lowest BCUT2D eigenvalue weighted by molar-refractivity contribution is -0.393. The number of nitro benzene ring substituents is 2. The fraction of sp³-hybridized carbons (Fsp3) is 0.462. The molecule has 0 saturated heterocycles. The number of carboxylic acids is 1. The van der Waals surface area contributed by atoms with Crippen molar-refractivity contribution in [3.05, 3.63) is 37.9 Å². The first-order valence-electron chi connectivity index (χ1n) is 6.87. The van der Waals surface area contributed by atoms with Crippen molar-refractivity contribution in [3.63, 3.8) is 0 Å². The molecule has 1 aliphatic rings. The summed E-state index contributed by atoms with van der Waals surface area (Å²) in [5, 5.41) is 34.1. The molecule has 0 bridgehead atoms. The van der Waals surface area contributed by atoms with Crippen molar-refractivity contribution in [2.75, 3.05) is 5.32 Å². The minimum absolute atomic E-state index is 0.0630. The number of aromatic carboxylic acids is 1. The van der Waals surface area contributed by atoms with Gasteiger partial charge >= 0.3 is 5.97 Å². The highest BCUT2D eigenvalue weighted by Gasteiger charge is 2.29. The monoisotopic (exact) mass is 309 g/mol. The molecule has 2 N–H and O–H groups in total. The third-order valence-electron chi connectivity index (χ3n) is 3.69. The van der Waals surface area contributed by atoms with Gasteiger partial charge in [-0.15, -0.1) is 0 Å². The van der Waals surface area contributed by atoms with E-state index >= 15 is 0 Å². The Morgan fingerprint density at radius 3 is 2.27 bits per heavy atom. The van der Waals surface area contributed by atoms with E-state index in [2.05, 4.69) is 5.32 Å². The van der Waals surface area contributed by atoms with Crippen molar-refractivity contribution in [2.24, 2.45) is 0 Å². The van der Waals surface area contributed by atoms with E-state index in [1.807, 2.05) is 0 Å². The third-order valence-corrected chi connectivity index (χ3v) is 3.69. The number of non-ortho nitro benzene ring substituents is 1. The van der Waals surface area contributed by atoms with Crippen LogP contribution in [0, 0.1) is 20.2 Å². The fourth-order valence-corrected chi connectivity index (χ4v) is 2.63. The first-order chi connectivity index (χ1) is 10.4. The first-order valence-corrected chi connectivity index (χ1v) is 6.87. The van der Waals surface area contributed by atoms with Gasteiger partial charge in [0.25, 0.3) is 11.4 Å². The van der Waals surface area contributed by atoms with Gasteiger partial charge in [0.05, 0.1) is 21.5 Å². The molecule has 1 aromatic rings. The Bertz CT molecular complexity index is 589. The quantitative estimate of drug-likeness (QED) is 0.630. The van der Waals surface area contributed by atoms with Crippen LogP contribution in [0.4, 0.5) is 17.1 Å². The van der Waals surface area contributed by atoms with E-state index < -0.39 is 32.8 Å². The van der Waals surface area contributed by atoms with Gasteiger partial charge in [0.2, 0.25) is 0 Å². The molecular weight excluding hydrogens is 294 g/mol. The summed E-state index contributed by atoms with van der Waals surface area (Å²) in [5.74, 6) is -1.44. The number of nitrogens with one attached hydrogen (secondary N) is 1. The molecule has 0 aromatic heterocycles. The van der Waals surface area contributed by atoms with E-state index in [-0.39, 0.29) is 11.7 Å². The third kappa shape index (κ3) is 3.30. The number of nitrogens with zero attached hydrogens (tertiary/aromatic N) is 2. The zero-order valence-electron chi connectivity index (χ0n) is 11.7. The second-order valence-corrected chi connectivity index (χ2v) is 5.19. The van der Waals surface area contributed by atoms with Gasteiger partial charge in [-0.25, -0.2) is 4.79 Å². The lowest BCUT2D eigenvalue weighted by Gasteiger charge is -2.24. The minimum atomic E-state index is -1.44. The van der Waals surface area contributed by atoms with Gasteiger partial charge < -0.3 is 10.4 Å². The van der Waals surface area contributed by atoms with Crippen molar-refractivity contribution in [3.8, 4) is 0 Å². The Hall–Kier alpha value is -2.71. The molecule has 22 heavy (non-hydrogen) atoms. The Morgan fingerprint density at radius 1 is 1.14 bits per heavy atom. The predicted octanol–water partition coefficient (Wildman–Crippen LogP) is 2.95. The molecule has 9 heteroatoms. The first kappa shape index (κ1) is 15.7. The van der Waals surface area contributed by atoms with Gasteiger partial charge in [-0.2, -0.15) is 0 Å². The number of nitro groups is 2. The molecule has 0 spiro atoms. The van der Waals surface area contributed by atoms with Crippen molar-refractivity contribution in [1.82, 2.24) is 0 Å². The number of carboxylic acid groups (broad SMARTS) is 1. The van der Waals surface area contributed by atoms with E-state index in [1.165, 1.54) is 0 Å². The molecule has 0 radical (unpaired) electrons. The van der Waals surface area contributed by atoms with Gasteiger partial charge in [-0.05, 0) is 12.8 Å². The molecule has 2 rings (SSSR count). The van der Waals surface area contributed by atoms with Gasteiger partial charge in [-0.3, -0.25) is 20.2 Å². The molecular formula is C13H15N3O6. The zero-order valence-corrected chi connectivity index (χ0v) is 11.7. The summed E-state index contributed by atoms with van der Waals surface area (Å²) in [6, 6.07) is 1.57. The summed E-state index contributed by atoms with van der Waals surface area (Å²) in [6.45, 7) is 0. The van der Waals surface area contributed by atoms with Crippen LogP contribution in [0.5, 0.6) is 0 Å². The highest BCUT2D eigenvalue weighted by atomic mass is 16.6. The maximum absolute atomic E-state index is 11.3. The second kappa shape index (κ2) is 6.37. The summed E-state index contributed by atoms with van der Waals surface area (Å²) in [7, 11) is 0. The van der Waals surface area contributed by atoms with Gasteiger partial charge in [-0.1, -0.05) is 19.3 Å². The SMILES string of the molecule is O=C(O)c1cc([N+](=O)[O-])cc([N+](=O)[O-])c1NC1CCCCC1. The highest BCUT2D eigenvalue weighted by molar-refractivity contribution is 5.98. The van der Waals surface area contributed by atoms with E-state index in [0.717, 1.165) is 44.2 Å². The van der Waals surface area contributed by atoms with Crippen LogP contribution < -0.4 is 5.32 Å². The summed E-state index contributed by atoms with van der Waals surface area (Å²) in [5.41, 5.74) is -1.81. The number of anilines is 1. The van der Waals surface area contributed by atoms with Crippen LogP contribution in [-0.4, -0.2) is 27.0 Å². The molecule has 1 fully saturated rings. The van der Waals surface area contributed by atoms with E-state index in [1.54, 1.807) is 0 Å². The Labute approximate surface area is 125 Å². The van der Waals surface area contributed by atoms with Crippen LogP contribution in [0.15, 0.2) is 12.1 Å². The average Bonchev–Trinajstić information content (AvgIpc) is 2.47. The van der Waals surface area contributed by atoms with Crippen molar-refractivity contribution in [2.45, 2.75) is 38.1 Å². The Morgan fingerprint density at radius 2 is 1.77 bits per heavy atom. The molecule has 1 aromatic carbocycles. The van der Waals surface area contributed by atoms with E-state index in [9.17, 15) is 30.1 Å². The molecule has 0 unspecified atom stereocenters. The molecule has 1 saturated carbocycles. The molecule has 9 nitrogen and oxygen atoms in total. The van der Waals surface area contributed by atoms with Crippen LogP contribution in [-0.2, 0) is 0 Å². The second-order valence-electron chi connectivity index (χ2n) is 5.19. The van der Waals surface area contributed by atoms with Gasteiger partial charge in [0.15, 0.2) is 0 Å². The zero-order chi connectivity index (χ0) is 16.3.